The lowest BCUT2D eigenvalue weighted by Gasteiger charge is -2.04. The van der Waals surface area contributed by atoms with Gasteiger partial charge in [-0.2, -0.15) is 0 Å². The van der Waals surface area contributed by atoms with Crippen molar-refractivity contribution in [1.29, 1.82) is 0 Å². The van der Waals surface area contributed by atoms with Crippen molar-refractivity contribution in [3.8, 4) is 5.88 Å². The first kappa shape index (κ1) is 10.2. The van der Waals surface area contributed by atoms with Crippen LogP contribution in [0.25, 0.3) is 0 Å². The minimum atomic E-state index is -1.07. The van der Waals surface area contributed by atoms with E-state index in [9.17, 15) is 4.79 Å². The molecule has 0 aliphatic heterocycles. The van der Waals surface area contributed by atoms with Gasteiger partial charge in [-0.25, -0.2) is 20.2 Å². The zero-order chi connectivity index (χ0) is 10.4. The van der Waals surface area contributed by atoms with Crippen LogP contribution in [-0.2, 0) is 9.63 Å². The molecule has 0 aliphatic rings. The molecule has 0 fully saturated rings. The minimum absolute atomic E-state index is 0.332. The summed E-state index contributed by atoms with van der Waals surface area (Å²) >= 11 is 0. The summed E-state index contributed by atoms with van der Waals surface area (Å²) in [5.74, 6) is -0.377. The Hall–Kier alpha value is -1.89. The number of rotatable bonds is 5. The number of carboxylic acid groups (broad SMARTS) is 1. The minimum Gasteiger partial charge on any atom is -0.481 e. The standard InChI is InChI=1S/C7H9N3O4/c1-13-6-2-5(8-4-9-6)10-14-3-7(11)12/h2,4H,3H2,1H3,(H,11,12)(H,8,9,10). The molecular weight excluding hydrogens is 190 g/mol. The van der Waals surface area contributed by atoms with E-state index in [1.165, 1.54) is 19.5 Å². The Morgan fingerprint density at radius 2 is 2.43 bits per heavy atom. The van der Waals surface area contributed by atoms with Crippen LogP contribution < -0.4 is 10.2 Å². The third-order valence-electron chi connectivity index (χ3n) is 1.22. The molecule has 0 spiro atoms. The number of anilines is 1. The summed E-state index contributed by atoms with van der Waals surface area (Å²) in [6, 6.07) is 1.47. The van der Waals surface area contributed by atoms with Crippen LogP contribution in [0.1, 0.15) is 0 Å². The SMILES string of the molecule is COc1cc(NOCC(=O)O)ncn1. The van der Waals surface area contributed by atoms with Crippen LogP contribution in [0.15, 0.2) is 12.4 Å². The second-order valence-corrected chi connectivity index (χ2v) is 2.23. The van der Waals surface area contributed by atoms with E-state index in [-0.39, 0.29) is 0 Å². The van der Waals surface area contributed by atoms with Gasteiger partial charge in [-0.3, -0.25) is 4.84 Å². The number of nitrogens with zero attached hydrogens (tertiary/aromatic N) is 2. The van der Waals surface area contributed by atoms with Gasteiger partial charge in [0.05, 0.1) is 7.11 Å². The van der Waals surface area contributed by atoms with E-state index in [1.807, 2.05) is 0 Å². The topological polar surface area (TPSA) is 93.6 Å². The Morgan fingerprint density at radius 3 is 3.07 bits per heavy atom. The van der Waals surface area contributed by atoms with Crippen molar-refractivity contribution < 1.29 is 19.5 Å². The van der Waals surface area contributed by atoms with Crippen molar-refractivity contribution in [2.45, 2.75) is 0 Å². The molecular formula is C7H9N3O4. The molecule has 76 valence electrons. The molecule has 0 saturated heterocycles. The second kappa shape index (κ2) is 4.97. The quantitative estimate of drug-likeness (QED) is 0.640. The number of nitrogens with one attached hydrogen (secondary N) is 1. The maximum Gasteiger partial charge on any atom is 0.332 e. The van der Waals surface area contributed by atoms with Crippen LogP contribution in [0, 0.1) is 0 Å². The van der Waals surface area contributed by atoms with Gasteiger partial charge in [-0.1, -0.05) is 0 Å². The third kappa shape index (κ3) is 3.23. The van der Waals surface area contributed by atoms with Crippen LogP contribution in [0.5, 0.6) is 5.88 Å². The summed E-state index contributed by atoms with van der Waals surface area (Å²) in [5, 5.41) is 8.27. The molecule has 0 radical (unpaired) electrons. The molecule has 1 aromatic rings. The first-order valence-corrected chi connectivity index (χ1v) is 3.68. The van der Waals surface area contributed by atoms with Crippen LogP contribution in [0.4, 0.5) is 5.82 Å². The van der Waals surface area contributed by atoms with Crippen molar-refractivity contribution in [1.82, 2.24) is 9.97 Å². The van der Waals surface area contributed by atoms with E-state index in [4.69, 9.17) is 9.84 Å². The number of aliphatic carboxylic acids is 1. The van der Waals surface area contributed by atoms with Gasteiger partial charge in [0.15, 0.2) is 12.4 Å². The number of hydrogen-bond donors (Lipinski definition) is 2. The summed E-state index contributed by atoms with van der Waals surface area (Å²) < 4.78 is 4.82. The van der Waals surface area contributed by atoms with Gasteiger partial charge >= 0.3 is 5.97 Å². The van der Waals surface area contributed by atoms with Crippen molar-refractivity contribution >= 4 is 11.8 Å². The highest BCUT2D eigenvalue weighted by Gasteiger charge is 1.99. The molecule has 0 saturated carbocycles. The Labute approximate surface area is 79.7 Å². The highest BCUT2D eigenvalue weighted by atomic mass is 16.7. The lowest BCUT2D eigenvalue weighted by Crippen LogP contribution is -2.12. The second-order valence-electron chi connectivity index (χ2n) is 2.23. The van der Waals surface area contributed by atoms with Crippen molar-refractivity contribution in [3.05, 3.63) is 12.4 Å². The molecule has 0 bridgehead atoms. The van der Waals surface area contributed by atoms with Gasteiger partial charge in [0.25, 0.3) is 0 Å². The van der Waals surface area contributed by atoms with E-state index in [0.717, 1.165) is 0 Å². The summed E-state index contributed by atoms with van der Waals surface area (Å²) in [7, 11) is 1.46. The van der Waals surface area contributed by atoms with Gasteiger partial charge in [0.1, 0.15) is 6.33 Å². The fourth-order valence-electron chi connectivity index (χ4n) is 0.679. The predicted octanol–water partition coefficient (Wildman–Crippen LogP) is -0.0867. The summed E-state index contributed by atoms with van der Waals surface area (Å²) in [6.07, 6.45) is 1.27. The molecule has 0 aromatic carbocycles. The maximum atomic E-state index is 10.1. The van der Waals surface area contributed by atoms with E-state index in [1.54, 1.807) is 0 Å². The molecule has 14 heavy (non-hydrogen) atoms. The average molecular weight is 199 g/mol. The third-order valence-corrected chi connectivity index (χ3v) is 1.22. The van der Waals surface area contributed by atoms with E-state index in [2.05, 4.69) is 20.3 Å². The van der Waals surface area contributed by atoms with Gasteiger partial charge in [0, 0.05) is 6.07 Å². The highest BCUT2D eigenvalue weighted by Crippen LogP contribution is 2.09. The molecule has 0 amide bonds. The summed E-state index contributed by atoms with van der Waals surface area (Å²) in [5.41, 5.74) is 2.34. The van der Waals surface area contributed by atoms with Crippen molar-refractivity contribution in [2.24, 2.45) is 0 Å². The number of carbonyl (C=O) groups is 1. The lowest BCUT2D eigenvalue weighted by molar-refractivity contribution is -0.141. The Balaban J connectivity index is 2.46. The zero-order valence-electron chi connectivity index (χ0n) is 7.43. The number of aromatic nitrogens is 2. The number of carboxylic acids is 1. The molecule has 7 nitrogen and oxygen atoms in total. The van der Waals surface area contributed by atoms with E-state index >= 15 is 0 Å². The molecule has 1 heterocycles. The fourth-order valence-corrected chi connectivity index (χ4v) is 0.679. The fraction of sp³-hybridized carbons (Fsp3) is 0.286. The molecule has 2 N–H and O–H groups in total. The first-order chi connectivity index (χ1) is 6.72. The number of hydrogen-bond acceptors (Lipinski definition) is 6. The largest absolute Gasteiger partial charge is 0.481 e. The van der Waals surface area contributed by atoms with Crippen molar-refractivity contribution in [2.75, 3.05) is 19.2 Å². The van der Waals surface area contributed by atoms with E-state index < -0.39 is 12.6 Å². The highest BCUT2D eigenvalue weighted by molar-refractivity contribution is 5.68. The van der Waals surface area contributed by atoms with Gasteiger partial charge in [-0.05, 0) is 0 Å². The molecule has 7 heteroatoms. The zero-order valence-corrected chi connectivity index (χ0v) is 7.43. The maximum absolute atomic E-state index is 10.1. The Bertz CT molecular complexity index is 318. The van der Waals surface area contributed by atoms with Gasteiger partial charge < -0.3 is 9.84 Å². The monoisotopic (exact) mass is 199 g/mol. The average Bonchev–Trinajstić information content (AvgIpc) is 2.18. The molecule has 1 aromatic heterocycles. The van der Waals surface area contributed by atoms with Crippen LogP contribution in [-0.4, -0.2) is 34.8 Å². The van der Waals surface area contributed by atoms with Gasteiger partial charge in [-0.15, -0.1) is 0 Å². The van der Waals surface area contributed by atoms with Gasteiger partial charge in [0.2, 0.25) is 5.88 Å². The number of methoxy groups -OCH3 is 1. The molecule has 1 rings (SSSR count). The molecule has 0 atom stereocenters. The van der Waals surface area contributed by atoms with Crippen LogP contribution >= 0.6 is 0 Å². The van der Waals surface area contributed by atoms with Crippen LogP contribution in [0.2, 0.25) is 0 Å². The van der Waals surface area contributed by atoms with Crippen LogP contribution in [0.3, 0.4) is 0 Å². The number of ether oxygens (including phenoxy) is 1. The summed E-state index contributed by atoms with van der Waals surface area (Å²) in [4.78, 5) is 22.2. The Morgan fingerprint density at radius 1 is 1.64 bits per heavy atom. The molecule has 0 aliphatic carbocycles. The van der Waals surface area contributed by atoms with Crippen molar-refractivity contribution in [3.63, 3.8) is 0 Å². The smallest absolute Gasteiger partial charge is 0.332 e. The molecule has 0 unspecified atom stereocenters. The first-order valence-electron chi connectivity index (χ1n) is 3.68. The van der Waals surface area contributed by atoms with E-state index in [0.29, 0.717) is 11.7 Å². The lowest BCUT2D eigenvalue weighted by atomic mass is 10.6. The summed E-state index contributed by atoms with van der Waals surface area (Å²) in [6.45, 7) is -0.452. The predicted molar refractivity (Wildman–Crippen MR) is 45.8 cm³/mol. The normalized spacial score (nSPS) is 9.50. The Kier molecular flexibility index (Phi) is 3.62.